The topological polar surface area (TPSA) is 94.1 Å². The molecule has 8 nitrogen and oxygen atoms in total. The molecule has 2 heterocycles. The first kappa shape index (κ1) is 24.2. The minimum Gasteiger partial charge on any atom is -0.490 e. The van der Waals surface area contributed by atoms with Crippen LogP contribution < -0.4 is 14.8 Å². The minimum atomic E-state index is -0.0890. The summed E-state index contributed by atoms with van der Waals surface area (Å²) in [7, 11) is 0. The summed E-state index contributed by atoms with van der Waals surface area (Å²) in [4.78, 5) is 16.8. The van der Waals surface area contributed by atoms with Gasteiger partial charge in [-0.3, -0.25) is 14.5 Å². The van der Waals surface area contributed by atoms with E-state index in [0.29, 0.717) is 47.7 Å². The van der Waals surface area contributed by atoms with E-state index in [2.05, 4.69) is 20.5 Å². The number of benzene rings is 2. The predicted molar refractivity (Wildman–Crippen MR) is 136 cm³/mol. The third-order valence-electron chi connectivity index (χ3n) is 5.28. The van der Waals surface area contributed by atoms with Gasteiger partial charge in [-0.1, -0.05) is 48.0 Å². The number of hydrogen-bond donors (Lipinski definition) is 2. The Morgan fingerprint density at radius 3 is 2.57 bits per heavy atom. The number of rotatable bonds is 10. The molecule has 0 atom stereocenters. The van der Waals surface area contributed by atoms with Crippen LogP contribution in [0.1, 0.15) is 24.5 Å². The van der Waals surface area contributed by atoms with Crippen LogP contribution >= 0.6 is 12.2 Å². The van der Waals surface area contributed by atoms with E-state index < -0.39 is 0 Å². The number of aromatic amines is 1. The maximum atomic E-state index is 12.5. The SMILES string of the molecule is CCOc1ccccc1Oc1ccc(CNC(=O)CCn2c(-c3ccc(C)cc3)n[nH]c2=S)cn1. The third-order valence-corrected chi connectivity index (χ3v) is 5.59. The molecule has 2 N–H and O–H groups in total. The maximum Gasteiger partial charge on any atom is 0.222 e. The van der Waals surface area contributed by atoms with Crippen LogP contribution in [-0.4, -0.2) is 32.3 Å². The van der Waals surface area contributed by atoms with Gasteiger partial charge in [0, 0.05) is 37.3 Å². The zero-order chi connectivity index (χ0) is 24.6. The Morgan fingerprint density at radius 1 is 1.09 bits per heavy atom. The molecule has 0 unspecified atom stereocenters. The van der Waals surface area contributed by atoms with E-state index in [9.17, 15) is 4.79 Å². The molecule has 0 radical (unpaired) electrons. The lowest BCUT2D eigenvalue weighted by atomic mass is 10.1. The number of amides is 1. The molecule has 180 valence electrons. The fourth-order valence-corrected chi connectivity index (χ4v) is 3.67. The zero-order valence-corrected chi connectivity index (χ0v) is 20.5. The van der Waals surface area contributed by atoms with Crippen molar-refractivity contribution >= 4 is 18.1 Å². The number of aromatic nitrogens is 4. The molecule has 4 rings (SSSR count). The maximum absolute atomic E-state index is 12.5. The molecule has 0 spiro atoms. The van der Waals surface area contributed by atoms with Gasteiger partial charge >= 0.3 is 0 Å². The van der Waals surface area contributed by atoms with Gasteiger partial charge in [0.1, 0.15) is 0 Å². The lowest BCUT2D eigenvalue weighted by Gasteiger charge is -2.11. The highest BCUT2D eigenvalue weighted by Crippen LogP contribution is 2.30. The first-order valence-corrected chi connectivity index (χ1v) is 11.8. The van der Waals surface area contributed by atoms with E-state index in [1.165, 1.54) is 5.56 Å². The summed E-state index contributed by atoms with van der Waals surface area (Å²) >= 11 is 5.36. The number of nitrogens with zero attached hydrogens (tertiary/aromatic N) is 3. The van der Waals surface area contributed by atoms with Crippen molar-refractivity contribution in [1.82, 2.24) is 25.1 Å². The average Bonchev–Trinajstić information content (AvgIpc) is 3.24. The number of para-hydroxylation sites is 2. The summed E-state index contributed by atoms with van der Waals surface area (Å²) in [6.45, 7) is 5.29. The van der Waals surface area contributed by atoms with Gasteiger partial charge in [0.2, 0.25) is 11.8 Å². The fourth-order valence-electron chi connectivity index (χ4n) is 3.45. The van der Waals surface area contributed by atoms with Crippen LogP contribution in [0.15, 0.2) is 66.9 Å². The minimum absolute atomic E-state index is 0.0890. The van der Waals surface area contributed by atoms with Crippen LogP contribution in [-0.2, 0) is 17.9 Å². The number of carbonyl (C=O) groups excluding carboxylic acids is 1. The monoisotopic (exact) mass is 489 g/mol. The van der Waals surface area contributed by atoms with Crippen molar-refractivity contribution in [3.63, 3.8) is 0 Å². The number of aryl methyl sites for hydroxylation is 1. The number of hydrogen-bond acceptors (Lipinski definition) is 6. The van der Waals surface area contributed by atoms with Gasteiger partial charge in [0.15, 0.2) is 22.1 Å². The van der Waals surface area contributed by atoms with E-state index in [1.807, 2.05) is 73.0 Å². The van der Waals surface area contributed by atoms with Gasteiger partial charge in [-0.25, -0.2) is 4.98 Å². The van der Waals surface area contributed by atoms with Crippen molar-refractivity contribution in [2.75, 3.05) is 6.61 Å². The van der Waals surface area contributed by atoms with Crippen LogP contribution in [0.25, 0.3) is 11.4 Å². The molecule has 1 amide bonds. The Kier molecular flexibility index (Phi) is 7.89. The Labute approximate surface area is 209 Å². The standard InChI is InChI=1S/C26H27N5O3S/c1-3-33-21-6-4-5-7-22(21)34-24-13-10-19(17-28-24)16-27-23(32)14-15-31-25(29-30-26(31)35)20-11-8-18(2)9-12-20/h4-13,17H,3,14-16H2,1-2H3,(H,27,32)(H,30,35). The summed E-state index contributed by atoms with van der Waals surface area (Å²) in [6, 6.07) is 19.1. The Hall–Kier alpha value is -3.98. The first-order chi connectivity index (χ1) is 17.0. The van der Waals surface area contributed by atoms with E-state index >= 15 is 0 Å². The van der Waals surface area contributed by atoms with Gasteiger partial charge in [-0.2, -0.15) is 5.10 Å². The van der Waals surface area contributed by atoms with Crippen molar-refractivity contribution in [3.8, 4) is 28.8 Å². The van der Waals surface area contributed by atoms with E-state index in [-0.39, 0.29) is 12.3 Å². The fraction of sp³-hybridized carbons (Fsp3) is 0.231. The highest BCUT2D eigenvalue weighted by atomic mass is 32.1. The molecular formula is C26H27N5O3S. The Morgan fingerprint density at radius 2 is 1.86 bits per heavy atom. The van der Waals surface area contributed by atoms with Gasteiger partial charge in [0.25, 0.3) is 0 Å². The van der Waals surface area contributed by atoms with Crippen molar-refractivity contribution in [3.05, 3.63) is 82.8 Å². The van der Waals surface area contributed by atoms with Crippen molar-refractivity contribution in [2.24, 2.45) is 0 Å². The normalized spacial score (nSPS) is 10.7. The Balaban J connectivity index is 1.30. The zero-order valence-electron chi connectivity index (χ0n) is 19.7. The van der Waals surface area contributed by atoms with Gasteiger partial charge in [-0.05, 0) is 43.8 Å². The van der Waals surface area contributed by atoms with Gasteiger partial charge in [0.05, 0.1) is 6.61 Å². The summed E-state index contributed by atoms with van der Waals surface area (Å²) in [5.41, 5.74) is 2.97. The summed E-state index contributed by atoms with van der Waals surface area (Å²) in [5.74, 6) is 2.34. The second kappa shape index (κ2) is 11.4. The van der Waals surface area contributed by atoms with Crippen molar-refractivity contribution in [2.45, 2.75) is 33.4 Å². The van der Waals surface area contributed by atoms with E-state index in [1.54, 1.807) is 12.3 Å². The van der Waals surface area contributed by atoms with E-state index in [4.69, 9.17) is 21.7 Å². The predicted octanol–water partition coefficient (Wildman–Crippen LogP) is 5.21. The quantitative estimate of drug-likeness (QED) is 0.297. The highest BCUT2D eigenvalue weighted by Gasteiger charge is 2.11. The van der Waals surface area contributed by atoms with Gasteiger partial charge in [-0.15, -0.1) is 0 Å². The average molecular weight is 490 g/mol. The number of carbonyl (C=O) groups is 1. The molecule has 0 bridgehead atoms. The van der Waals surface area contributed by atoms with Crippen LogP contribution in [0.4, 0.5) is 0 Å². The molecular weight excluding hydrogens is 462 g/mol. The smallest absolute Gasteiger partial charge is 0.222 e. The summed E-state index contributed by atoms with van der Waals surface area (Å²) in [6.07, 6.45) is 1.95. The number of pyridine rings is 1. The summed E-state index contributed by atoms with van der Waals surface area (Å²) < 4.78 is 13.7. The molecule has 0 aliphatic rings. The molecule has 2 aromatic carbocycles. The molecule has 9 heteroatoms. The lowest BCUT2D eigenvalue weighted by molar-refractivity contribution is -0.121. The van der Waals surface area contributed by atoms with E-state index in [0.717, 1.165) is 11.1 Å². The second-order valence-corrected chi connectivity index (χ2v) is 8.27. The molecule has 0 saturated heterocycles. The number of H-pyrrole nitrogens is 1. The molecule has 0 aliphatic heterocycles. The molecule has 2 aromatic heterocycles. The van der Waals surface area contributed by atoms with Gasteiger partial charge < -0.3 is 14.8 Å². The summed E-state index contributed by atoms with van der Waals surface area (Å²) in [5, 5.41) is 10.1. The van der Waals surface area contributed by atoms with Crippen LogP contribution in [0, 0.1) is 11.7 Å². The molecule has 0 aliphatic carbocycles. The Bertz CT molecular complexity index is 1330. The first-order valence-electron chi connectivity index (χ1n) is 11.4. The van der Waals surface area contributed by atoms with Crippen LogP contribution in [0.2, 0.25) is 0 Å². The van der Waals surface area contributed by atoms with Crippen molar-refractivity contribution in [1.29, 1.82) is 0 Å². The van der Waals surface area contributed by atoms with Crippen molar-refractivity contribution < 1.29 is 14.3 Å². The molecule has 0 saturated carbocycles. The van der Waals surface area contributed by atoms with Crippen LogP contribution in [0.3, 0.4) is 0 Å². The lowest BCUT2D eigenvalue weighted by Crippen LogP contribution is -2.24. The molecule has 0 fully saturated rings. The largest absolute Gasteiger partial charge is 0.490 e. The third kappa shape index (κ3) is 6.33. The highest BCUT2D eigenvalue weighted by molar-refractivity contribution is 7.71. The second-order valence-electron chi connectivity index (χ2n) is 7.88. The van der Waals surface area contributed by atoms with Crippen LogP contribution in [0.5, 0.6) is 17.4 Å². The molecule has 35 heavy (non-hydrogen) atoms. The number of ether oxygens (including phenoxy) is 2. The number of nitrogens with one attached hydrogen (secondary N) is 2. The molecule has 4 aromatic rings.